The van der Waals surface area contributed by atoms with Crippen molar-refractivity contribution in [2.24, 2.45) is 0 Å². The van der Waals surface area contributed by atoms with Crippen LogP contribution in [0.15, 0.2) is 28.9 Å². The van der Waals surface area contributed by atoms with Crippen molar-refractivity contribution in [3.05, 3.63) is 30.0 Å². The number of carbonyl (C=O) groups excluding carboxylic acids is 2. The molecular weight excluding hydrogens is 286 g/mol. The molecule has 1 aliphatic rings. The van der Waals surface area contributed by atoms with Gasteiger partial charge in [0.05, 0.1) is 12.7 Å². The largest absolute Gasteiger partial charge is 0.508 e. The molecule has 1 aromatic carbocycles. The lowest BCUT2D eigenvalue weighted by atomic mass is 10.1. The van der Waals surface area contributed by atoms with Crippen molar-refractivity contribution >= 4 is 22.8 Å². The van der Waals surface area contributed by atoms with Crippen LogP contribution in [0, 0.1) is 0 Å². The lowest BCUT2D eigenvalue weighted by molar-refractivity contribution is -0.154. The van der Waals surface area contributed by atoms with E-state index >= 15 is 0 Å². The Kier molecular flexibility index (Phi) is 3.75. The maximum absolute atomic E-state index is 11.9. The zero-order valence-electron chi connectivity index (χ0n) is 12.2. The number of hydrogen-bond donors (Lipinski definition) is 2. The highest BCUT2D eigenvalue weighted by Crippen LogP contribution is 2.25. The molecule has 0 saturated heterocycles. The predicted molar refractivity (Wildman–Crippen MR) is 78.3 cm³/mol. The minimum absolute atomic E-state index is 0.0127. The molecule has 0 unspecified atom stereocenters. The van der Waals surface area contributed by atoms with Gasteiger partial charge >= 0.3 is 5.97 Å². The molecule has 22 heavy (non-hydrogen) atoms. The summed E-state index contributed by atoms with van der Waals surface area (Å²) in [4.78, 5) is 23.7. The molecule has 2 N–H and O–H groups in total. The Bertz CT molecular complexity index is 716. The fourth-order valence-corrected chi connectivity index (χ4v) is 2.20. The molecule has 0 radical (unpaired) electrons. The van der Waals surface area contributed by atoms with Gasteiger partial charge in [0.2, 0.25) is 0 Å². The third kappa shape index (κ3) is 3.21. The Morgan fingerprint density at radius 2 is 2.23 bits per heavy atom. The number of carbonyl (C=O) groups is 2. The second-order valence-corrected chi connectivity index (χ2v) is 5.53. The number of amides is 1. The van der Waals surface area contributed by atoms with Crippen LogP contribution in [-0.2, 0) is 20.7 Å². The third-order valence-electron chi connectivity index (χ3n) is 3.58. The van der Waals surface area contributed by atoms with Gasteiger partial charge in [0.15, 0.2) is 6.10 Å². The molecule has 0 aliphatic heterocycles. The molecule has 1 aromatic heterocycles. The van der Waals surface area contributed by atoms with Crippen LogP contribution in [0.4, 0.5) is 0 Å². The van der Waals surface area contributed by atoms with Gasteiger partial charge in [-0.25, -0.2) is 0 Å². The zero-order chi connectivity index (χ0) is 15.7. The van der Waals surface area contributed by atoms with Crippen molar-refractivity contribution in [3.8, 4) is 5.75 Å². The van der Waals surface area contributed by atoms with Crippen molar-refractivity contribution in [1.29, 1.82) is 0 Å². The molecule has 1 fully saturated rings. The Hall–Kier alpha value is -2.50. The number of phenolic OH excluding ortho intramolecular Hbond substituents is 1. The monoisotopic (exact) mass is 303 g/mol. The van der Waals surface area contributed by atoms with Crippen LogP contribution in [-0.4, -0.2) is 29.1 Å². The summed E-state index contributed by atoms with van der Waals surface area (Å²) in [5.41, 5.74) is 1.16. The Morgan fingerprint density at radius 3 is 2.95 bits per heavy atom. The van der Waals surface area contributed by atoms with E-state index in [9.17, 15) is 14.7 Å². The number of furan rings is 1. The van der Waals surface area contributed by atoms with E-state index in [0.717, 1.165) is 18.2 Å². The third-order valence-corrected chi connectivity index (χ3v) is 3.58. The normalized spacial score (nSPS) is 15.5. The van der Waals surface area contributed by atoms with E-state index in [4.69, 9.17) is 9.15 Å². The van der Waals surface area contributed by atoms with Gasteiger partial charge in [-0.15, -0.1) is 0 Å². The summed E-state index contributed by atoms with van der Waals surface area (Å²) in [5, 5.41) is 12.9. The van der Waals surface area contributed by atoms with Crippen LogP contribution < -0.4 is 5.32 Å². The van der Waals surface area contributed by atoms with E-state index in [1.165, 1.54) is 18.4 Å². The molecule has 2 aromatic rings. The molecule has 3 rings (SSSR count). The molecule has 1 heterocycles. The fourth-order valence-electron chi connectivity index (χ4n) is 2.20. The molecular formula is C16H17NO5. The van der Waals surface area contributed by atoms with E-state index in [2.05, 4.69) is 5.32 Å². The van der Waals surface area contributed by atoms with Gasteiger partial charge in [-0.05, 0) is 31.9 Å². The highest BCUT2D eigenvalue weighted by Gasteiger charge is 2.27. The van der Waals surface area contributed by atoms with Gasteiger partial charge in [0.1, 0.15) is 11.3 Å². The van der Waals surface area contributed by atoms with Crippen molar-refractivity contribution in [3.63, 3.8) is 0 Å². The summed E-state index contributed by atoms with van der Waals surface area (Å²) in [6.45, 7) is 1.56. The minimum Gasteiger partial charge on any atom is -0.508 e. The van der Waals surface area contributed by atoms with Crippen LogP contribution in [0.1, 0.15) is 25.3 Å². The molecule has 1 atom stereocenters. The smallest absolute Gasteiger partial charge is 0.311 e. The molecule has 116 valence electrons. The highest BCUT2D eigenvalue weighted by molar-refractivity contribution is 5.88. The summed E-state index contributed by atoms with van der Waals surface area (Å²) in [6.07, 6.45) is 2.63. The average molecular weight is 303 g/mol. The summed E-state index contributed by atoms with van der Waals surface area (Å²) in [5.74, 6) is -0.659. The van der Waals surface area contributed by atoms with Gasteiger partial charge in [0.25, 0.3) is 5.91 Å². The lowest BCUT2D eigenvalue weighted by Gasteiger charge is -2.12. The number of aromatic hydroxyl groups is 1. The van der Waals surface area contributed by atoms with Crippen LogP contribution in [0.5, 0.6) is 5.75 Å². The average Bonchev–Trinajstić information content (AvgIpc) is 3.20. The molecule has 1 amide bonds. The van der Waals surface area contributed by atoms with Gasteiger partial charge in [0, 0.05) is 23.1 Å². The van der Waals surface area contributed by atoms with Gasteiger partial charge < -0.3 is 19.6 Å². The van der Waals surface area contributed by atoms with Gasteiger partial charge in [-0.2, -0.15) is 0 Å². The number of fused-ring (bicyclic) bond motifs is 1. The SMILES string of the molecule is C[C@@H](OC(=O)Cc1coc2cc(O)ccc12)C(=O)NC1CC1. The first-order valence-corrected chi connectivity index (χ1v) is 7.22. The van der Waals surface area contributed by atoms with Crippen molar-refractivity contribution in [1.82, 2.24) is 5.32 Å². The number of esters is 1. The van der Waals surface area contributed by atoms with Gasteiger partial charge in [-0.3, -0.25) is 9.59 Å². The summed E-state index contributed by atoms with van der Waals surface area (Å²) in [7, 11) is 0. The van der Waals surface area contributed by atoms with Crippen molar-refractivity contribution < 1.29 is 23.8 Å². The topological polar surface area (TPSA) is 88.8 Å². The van der Waals surface area contributed by atoms with E-state index in [1.54, 1.807) is 13.0 Å². The summed E-state index contributed by atoms with van der Waals surface area (Å²) < 4.78 is 10.4. The number of benzene rings is 1. The molecule has 0 bridgehead atoms. The quantitative estimate of drug-likeness (QED) is 0.823. The first-order chi connectivity index (χ1) is 10.5. The van der Waals surface area contributed by atoms with Crippen LogP contribution in [0.2, 0.25) is 0 Å². The van der Waals surface area contributed by atoms with Crippen LogP contribution in [0.25, 0.3) is 11.0 Å². The predicted octanol–water partition coefficient (Wildman–Crippen LogP) is 1.89. The first-order valence-electron chi connectivity index (χ1n) is 7.22. The van der Waals surface area contributed by atoms with Crippen LogP contribution in [0.3, 0.4) is 0 Å². The fraction of sp³-hybridized carbons (Fsp3) is 0.375. The number of rotatable bonds is 5. The molecule has 6 heteroatoms. The second-order valence-electron chi connectivity index (χ2n) is 5.53. The second kappa shape index (κ2) is 5.71. The Morgan fingerprint density at radius 1 is 1.45 bits per heavy atom. The molecule has 1 saturated carbocycles. The Balaban J connectivity index is 1.61. The highest BCUT2D eigenvalue weighted by atomic mass is 16.5. The standard InChI is InChI=1S/C16H17NO5/c1-9(16(20)17-11-2-3-11)22-15(19)6-10-8-21-14-7-12(18)4-5-13(10)14/h4-5,7-9,11,18H,2-3,6H2,1H3,(H,17,20)/t9-/m1/s1. The molecule has 6 nitrogen and oxygen atoms in total. The van der Waals surface area contributed by atoms with E-state index in [1.807, 2.05) is 0 Å². The maximum atomic E-state index is 11.9. The first kappa shape index (κ1) is 14.4. The van der Waals surface area contributed by atoms with Crippen molar-refractivity contribution in [2.75, 3.05) is 0 Å². The molecule has 0 spiro atoms. The zero-order valence-corrected chi connectivity index (χ0v) is 12.2. The minimum atomic E-state index is -0.810. The van der Waals surface area contributed by atoms with Crippen molar-refractivity contribution in [2.45, 2.75) is 38.3 Å². The number of phenols is 1. The van der Waals surface area contributed by atoms with E-state index in [-0.39, 0.29) is 24.1 Å². The lowest BCUT2D eigenvalue weighted by Crippen LogP contribution is -2.37. The Labute approximate surface area is 127 Å². The van der Waals surface area contributed by atoms with E-state index in [0.29, 0.717) is 11.1 Å². The maximum Gasteiger partial charge on any atom is 0.311 e. The molecule has 1 aliphatic carbocycles. The summed E-state index contributed by atoms with van der Waals surface area (Å²) >= 11 is 0. The van der Waals surface area contributed by atoms with Crippen LogP contribution >= 0.6 is 0 Å². The van der Waals surface area contributed by atoms with Gasteiger partial charge in [-0.1, -0.05) is 0 Å². The number of ether oxygens (including phenoxy) is 1. The summed E-state index contributed by atoms with van der Waals surface area (Å²) in [6, 6.07) is 4.92. The number of hydrogen-bond acceptors (Lipinski definition) is 5. The van der Waals surface area contributed by atoms with E-state index < -0.39 is 12.1 Å². The number of nitrogens with one attached hydrogen (secondary N) is 1.